The average Bonchev–Trinajstić information content (AvgIpc) is 3.28. The largest absolute Gasteiger partial charge is 0.0616 e. The molecule has 0 heteroatoms. The second-order valence-corrected chi connectivity index (χ2v) is 12.3. The molecule has 0 saturated heterocycles. The molecular formula is C43H32. The zero-order valence-electron chi connectivity index (χ0n) is 24.5. The van der Waals surface area contributed by atoms with E-state index in [1.54, 1.807) is 0 Å². The third kappa shape index (κ3) is 4.47. The Hall–Kier alpha value is -5.20. The van der Waals surface area contributed by atoms with E-state index >= 15 is 0 Å². The van der Waals surface area contributed by atoms with Crippen LogP contribution in [0.1, 0.15) is 36.1 Å². The van der Waals surface area contributed by atoms with Gasteiger partial charge in [-0.1, -0.05) is 147 Å². The molecule has 0 saturated carbocycles. The van der Waals surface area contributed by atoms with Gasteiger partial charge in [0.1, 0.15) is 0 Å². The Kier molecular flexibility index (Phi) is 5.91. The Balaban J connectivity index is 1.11. The number of benzene rings is 7. The van der Waals surface area contributed by atoms with Gasteiger partial charge in [0.15, 0.2) is 0 Å². The van der Waals surface area contributed by atoms with E-state index in [4.69, 9.17) is 0 Å². The SMILES string of the molecule is CC1(C)c2cc(/C=C/c3ccc4ccccc4c3)ccc2-c2ccc(-c3cccc(-c4ccc5ccccc5c4)c3)cc21. The molecule has 1 aliphatic rings. The van der Waals surface area contributed by atoms with Crippen LogP contribution < -0.4 is 0 Å². The number of fused-ring (bicyclic) bond motifs is 5. The van der Waals surface area contributed by atoms with Crippen LogP contribution in [0.3, 0.4) is 0 Å². The number of hydrogen-bond acceptors (Lipinski definition) is 0. The van der Waals surface area contributed by atoms with Crippen molar-refractivity contribution in [1.82, 2.24) is 0 Å². The Morgan fingerprint density at radius 3 is 1.58 bits per heavy atom. The Morgan fingerprint density at radius 2 is 0.860 bits per heavy atom. The van der Waals surface area contributed by atoms with Crippen LogP contribution in [0.2, 0.25) is 0 Å². The predicted octanol–water partition coefficient (Wildman–Crippen LogP) is 11.8. The van der Waals surface area contributed by atoms with Crippen molar-refractivity contribution in [3.63, 3.8) is 0 Å². The van der Waals surface area contributed by atoms with Crippen LogP contribution in [0.25, 0.3) is 67.1 Å². The molecule has 0 amide bonds. The third-order valence-electron chi connectivity index (χ3n) is 9.22. The van der Waals surface area contributed by atoms with Crippen molar-refractivity contribution in [1.29, 1.82) is 0 Å². The maximum atomic E-state index is 2.42. The monoisotopic (exact) mass is 548 g/mol. The van der Waals surface area contributed by atoms with E-state index in [2.05, 4.69) is 172 Å². The topological polar surface area (TPSA) is 0 Å². The lowest BCUT2D eigenvalue weighted by Crippen LogP contribution is -2.15. The van der Waals surface area contributed by atoms with Crippen LogP contribution in [-0.2, 0) is 5.41 Å². The first-order valence-electron chi connectivity index (χ1n) is 15.1. The van der Waals surface area contributed by atoms with Gasteiger partial charge >= 0.3 is 0 Å². The molecule has 0 radical (unpaired) electrons. The second-order valence-electron chi connectivity index (χ2n) is 12.3. The molecule has 8 rings (SSSR count). The summed E-state index contributed by atoms with van der Waals surface area (Å²) >= 11 is 0. The summed E-state index contributed by atoms with van der Waals surface area (Å²) in [6, 6.07) is 53.4. The summed E-state index contributed by atoms with van der Waals surface area (Å²) in [7, 11) is 0. The summed E-state index contributed by atoms with van der Waals surface area (Å²) in [5.41, 5.74) is 12.9. The maximum Gasteiger partial charge on any atom is 0.0159 e. The highest BCUT2D eigenvalue weighted by Gasteiger charge is 2.35. The quantitative estimate of drug-likeness (QED) is 0.192. The lowest BCUT2D eigenvalue weighted by Gasteiger charge is -2.22. The molecule has 0 N–H and O–H groups in total. The molecule has 0 bridgehead atoms. The molecule has 1 aliphatic carbocycles. The van der Waals surface area contributed by atoms with Gasteiger partial charge in [0, 0.05) is 5.41 Å². The van der Waals surface area contributed by atoms with Gasteiger partial charge in [-0.15, -0.1) is 0 Å². The van der Waals surface area contributed by atoms with E-state index in [9.17, 15) is 0 Å². The Morgan fingerprint density at radius 1 is 0.372 bits per heavy atom. The van der Waals surface area contributed by atoms with Gasteiger partial charge in [-0.05, 0) is 101 Å². The van der Waals surface area contributed by atoms with E-state index in [0.29, 0.717) is 0 Å². The maximum absolute atomic E-state index is 2.42. The highest BCUT2D eigenvalue weighted by Crippen LogP contribution is 2.50. The zero-order valence-corrected chi connectivity index (χ0v) is 24.5. The summed E-state index contributed by atoms with van der Waals surface area (Å²) in [6.45, 7) is 4.73. The van der Waals surface area contributed by atoms with Crippen LogP contribution in [0.15, 0.2) is 146 Å². The fourth-order valence-electron chi connectivity index (χ4n) is 6.79. The highest BCUT2D eigenvalue weighted by molar-refractivity contribution is 5.90. The zero-order chi connectivity index (χ0) is 29.0. The molecule has 0 aromatic heterocycles. The molecule has 0 aliphatic heterocycles. The average molecular weight is 549 g/mol. The van der Waals surface area contributed by atoms with Crippen LogP contribution >= 0.6 is 0 Å². The summed E-state index contributed by atoms with van der Waals surface area (Å²) in [4.78, 5) is 0. The lowest BCUT2D eigenvalue weighted by atomic mass is 9.81. The van der Waals surface area contributed by atoms with Crippen molar-refractivity contribution in [2.45, 2.75) is 19.3 Å². The first-order chi connectivity index (χ1) is 21.0. The van der Waals surface area contributed by atoms with Gasteiger partial charge in [-0.2, -0.15) is 0 Å². The van der Waals surface area contributed by atoms with Gasteiger partial charge in [0.25, 0.3) is 0 Å². The van der Waals surface area contributed by atoms with Crippen molar-refractivity contribution in [3.05, 3.63) is 168 Å². The fourth-order valence-corrected chi connectivity index (χ4v) is 6.79. The van der Waals surface area contributed by atoms with Crippen molar-refractivity contribution < 1.29 is 0 Å². The number of rotatable bonds is 4. The Labute approximate surface area is 253 Å². The lowest BCUT2D eigenvalue weighted by molar-refractivity contribution is 0.660. The fraction of sp³-hybridized carbons (Fsp3) is 0.0698. The first kappa shape index (κ1) is 25.5. The molecule has 0 heterocycles. The summed E-state index contributed by atoms with van der Waals surface area (Å²) in [5, 5.41) is 5.09. The minimum atomic E-state index is -0.0799. The predicted molar refractivity (Wildman–Crippen MR) is 185 cm³/mol. The second kappa shape index (κ2) is 9.96. The molecule has 204 valence electrons. The minimum Gasteiger partial charge on any atom is -0.0616 e. The van der Waals surface area contributed by atoms with E-state index in [0.717, 1.165) is 0 Å². The molecule has 43 heavy (non-hydrogen) atoms. The molecule has 0 nitrogen and oxygen atoms in total. The molecule has 0 atom stereocenters. The van der Waals surface area contributed by atoms with E-state index in [1.165, 1.54) is 77.2 Å². The molecule has 7 aromatic carbocycles. The van der Waals surface area contributed by atoms with Gasteiger partial charge in [0.2, 0.25) is 0 Å². The summed E-state index contributed by atoms with van der Waals surface area (Å²) in [6.07, 6.45) is 4.47. The molecular weight excluding hydrogens is 516 g/mol. The van der Waals surface area contributed by atoms with Crippen LogP contribution in [0.5, 0.6) is 0 Å². The standard InChI is InChI=1S/C43H32/c1-43(2)41-25-30(15-14-29-16-18-31-8-3-5-10-33(31)24-29)17-22-39(41)40-23-21-38(28-42(40)43)36-13-7-12-35(27-36)37-20-19-32-9-4-6-11-34(32)26-37/h3-28H,1-2H3/b15-14+. The summed E-state index contributed by atoms with van der Waals surface area (Å²) in [5.74, 6) is 0. The van der Waals surface area contributed by atoms with Gasteiger partial charge in [-0.3, -0.25) is 0 Å². The van der Waals surface area contributed by atoms with Crippen molar-refractivity contribution in [2.24, 2.45) is 0 Å². The third-order valence-corrected chi connectivity index (χ3v) is 9.22. The van der Waals surface area contributed by atoms with E-state index in [1.807, 2.05) is 0 Å². The highest BCUT2D eigenvalue weighted by atomic mass is 14.4. The molecule has 7 aromatic rings. The van der Waals surface area contributed by atoms with Gasteiger partial charge < -0.3 is 0 Å². The molecule has 0 unspecified atom stereocenters. The van der Waals surface area contributed by atoms with Crippen LogP contribution in [-0.4, -0.2) is 0 Å². The van der Waals surface area contributed by atoms with Crippen LogP contribution in [0.4, 0.5) is 0 Å². The first-order valence-corrected chi connectivity index (χ1v) is 15.1. The summed E-state index contributed by atoms with van der Waals surface area (Å²) < 4.78 is 0. The van der Waals surface area contributed by atoms with Gasteiger partial charge in [0.05, 0.1) is 0 Å². The van der Waals surface area contributed by atoms with Crippen molar-refractivity contribution in [3.8, 4) is 33.4 Å². The van der Waals surface area contributed by atoms with E-state index in [-0.39, 0.29) is 5.41 Å². The van der Waals surface area contributed by atoms with Crippen molar-refractivity contribution in [2.75, 3.05) is 0 Å². The van der Waals surface area contributed by atoms with Crippen LogP contribution in [0, 0.1) is 0 Å². The molecule has 0 fully saturated rings. The Bertz CT molecular complexity index is 2210. The van der Waals surface area contributed by atoms with Gasteiger partial charge in [-0.25, -0.2) is 0 Å². The smallest absolute Gasteiger partial charge is 0.0159 e. The minimum absolute atomic E-state index is 0.0799. The normalized spacial score (nSPS) is 13.4. The number of hydrogen-bond donors (Lipinski definition) is 0. The van der Waals surface area contributed by atoms with Crippen molar-refractivity contribution >= 4 is 33.7 Å². The molecule has 0 spiro atoms. The van der Waals surface area contributed by atoms with E-state index < -0.39 is 0 Å².